The topological polar surface area (TPSA) is 55.4 Å². The zero-order valence-corrected chi connectivity index (χ0v) is 32.7. The largest absolute Gasteiger partial charge is 0.530 e. The van der Waals surface area contributed by atoms with Crippen LogP contribution < -0.4 is 27.1 Å². The number of benzene rings is 6. The van der Waals surface area contributed by atoms with Gasteiger partial charge in [0.05, 0.1) is 0 Å². The van der Waals surface area contributed by atoms with E-state index in [4.69, 9.17) is 27.1 Å². The van der Waals surface area contributed by atoms with Crippen LogP contribution >= 0.6 is 17.2 Å². The summed E-state index contributed by atoms with van der Waals surface area (Å²) >= 11 is 0. The lowest BCUT2D eigenvalue weighted by Crippen LogP contribution is -2.07. The van der Waals surface area contributed by atoms with Crippen molar-refractivity contribution < 1.29 is 27.1 Å². The Morgan fingerprint density at radius 3 is 0.846 bits per heavy atom. The van der Waals surface area contributed by atoms with E-state index >= 15 is 0 Å². The molecule has 0 unspecified atom stereocenters. The van der Waals surface area contributed by atoms with E-state index in [0.717, 1.165) is 55.6 Å². The minimum atomic E-state index is -1.96. The molecule has 0 fully saturated rings. The third kappa shape index (κ3) is 8.88. The molecular formula is C44H44O6P2. The molecule has 6 nitrogen and oxygen atoms in total. The highest BCUT2D eigenvalue weighted by Gasteiger charge is 2.29. The summed E-state index contributed by atoms with van der Waals surface area (Å²) in [6.45, 7) is 16.3. The van der Waals surface area contributed by atoms with Crippen molar-refractivity contribution in [1.82, 2.24) is 0 Å². The van der Waals surface area contributed by atoms with Gasteiger partial charge in [-0.1, -0.05) is 84.9 Å². The predicted octanol–water partition coefficient (Wildman–Crippen LogP) is 13.3. The Morgan fingerprint density at radius 1 is 0.308 bits per heavy atom. The fourth-order valence-corrected chi connectivity index (χ4v) is 8.24. The van der Waals surface area contributed by atoms with E-state index in [1.54, 1.807) is 0 Å². The van der Waals surface area contributed by atoms with Crippen LogP contribution in [0.1, 0.15) is 44.5 Å². The Bertz CT molecular complexity index is 1930. The molecule has 6 rings (SSSR count). The number of hydrogen-bond acceptors (Lipinski definition) is 6. The van der Waals surface area contributed by atoms with Crippen LogP contribution in [0, 0.1) is 55.4 Å². The first kappa shape index (κ1) is 36.8. The molecule has 0 saturated carbocycles. The van der Waals surface area contributed by atoms with Gasteiger partial charge in [-0.25, -0.2) is 0 Å². The first-order chi connectivity index (χ1) is 25.0. The van der Waals surface area contributed by atoms with Crippen LogP contribution in [-0.2, 0) is 0 Å². The van der Waals surface area contributed by atoms with Crippen molar-refractivity contribution in [3.05, 3.63) is 166 Å². The molecule has 0 amide bonds. The molecule has 52 heavy (non-hydrogen) atoms. The van der Waals surface area contributed by atoms with Gasteiger partial charge in [-0.2, -0.15) is 0 Å². The Morgan fingerprint density at radius 2 is 0.577 bits per heavy atom. The molecule has 8 heteroatoms. The van der Waals surface area contributed by atoms with Crippen LogP contribution in [0.15, 0.2) is 121 Å². The quantitative estimate of drug-likeness (QED) is 0.110. The highest BCUT2D eigenvalue weighted by molar-refractivity contribution is 7.43. The lowest BCUT2D eigenvalue weighted by molar-refractivity contribution is 0.382. The summed E-state index contributed by atoms with van der Waals surface area (Å²) in [6.07, 6.45) is 0. The van der Waals surface area contributed by atoms with Crippen molar-refractivity contribution >= 4 is 17.2 Å². The van der Waals surface area contributed by atoms with Gasteiger partial charge in [0.2, 0.25) is 0 Å². The average Bonchev–Trinajstić information content (AvgIpc) is 3.10. The minimum absolute atomic E-state index is 0.637. The van der Waals surface area contributed by atoms with Gasteiger partial charge >= 0.3 is 17.2 Å². The number of para-hydroxylation sites is 4. The number of aryl methyl sites for hydroxylation is 8. The molecule has 0 N–H and O–H groups in total. The van der Waals surface area contributed by atoms with Crippen molar-refractivity contribution in [3.63, 3.8) is 0 Å². The third-order valence-electron chi connectivity index (χ3n) is 8.53. The van der Waals surface area contributed by atoms with Gasteiger partial charge in [-0.05, 0) is 136 Å². The second-order valence-electron chi connectivity index (χ2n) is 13.0. The molecule has 0 aliphatic rings. The molecule has 0 aliphatic heterocycles. The van der Waals surface area contributed by atoms with E-state index in [0.29, 0.717) is 34.5 Å². The van der Waals surface area contributed by atoms with Gasteiger partial charge in [-0.15, -0.1) is 0 Å². The Kier molecular flexibility index (Phi) is 11.7. The van der Waals surface area contributed by atoms with E-state index in [2.05, 4.69) is 38.1 Å². The number of hydrogen-bond donors (Lipinski definition) is 0. The monoisotopic (exact) mass is 730 g/mol. The smallest absolute Gasteiger partial charge is 0.408 e. The lowest BCUT2D eigenvalue weighted by atomic mass is 9.95. The Balaban J connectivity index is 1.44. The standard InChI is InChI=1S/C44H44O6P2/c1-29-25-35(7)43(49-51(45-39-21-13-9-17-31(39)3)46-40-22-14-10-18-32(40)4)37(27-29)38-28-30(2)26-36(8)44(38)50-52(47-41-23-15-11-19-33(41)5)48-42-24-16-12-20-34(42)6/h9-28H,1-8H3. The van der Waals surface area contributed by atoms with E-state index in [1.807, 2.05) is 139 Å². The van der Waals surface area contributed by atoms with Gasteiger partial charge < -0.3 is 27.1 Å². The summed E-state index contributed by atoms with van der Waals surface area (Å²) in [4.78, 5) is 0. The summed E-state index contributed by atoms with van der Waals surface area (Å²) in [5, 5.41) is 0. The normalized spacial score (nSPS) is 11.0. The maximum absolute atomic E-state index is 6.87. The first-order valence-electron chi connectivity index (χ1n) is 17.2. The van der Waals surface area contributed by atoms with Gasteiger partial charge in [0.15, 0.2) is 0 Å². The maximum Gasteiger partial charge on any atom is 0.530 e. The van der Waals surface area contributed by atoms with Crippen molar-refractivity contribution in [2.75, 3.05) is 0 Å². The van der Waals surface area contributed by atoms with Crippen LogP contribution in [-0.4, -0.2) is 0 Å². The van der Waals surface area contributed by atoms with Crippen molar-refractivity contribution in [2.45, 2.75) is 55.4 Å². The van der Waals surface area contributed by atoms with E-state index in [-0.39, 0.29) is 0 Å². The fourth-order valence-electron chi connectivity index (χ4n) is 5.77. The molecule has 0 heterocycles. The SMILES string of the molecule is Cc1cc(C)c(OP(Oc2ccccc2C)Oc2ccccc2C)c(-c2cc(C)cc(C)c2OP(Oc2ccccc2C)Oc2ccccc2C)c1. The fraction of sp³-hybridized carbons (Fsp3) is 0.182. The van der Waals surface area contributed by atoms with Crippen molar-refractivity contribution in [1.29, 1.82) is 0 Å². The lowest BCUT2D eigenvalue weighted by Gasteiger charge is -2.25. The molecule has 0 radical (unpaired) electrons. The Hall–Kier alpha value is -5.02. The summed E-state index contributed by atoms with van der Waals surface area (Å²) in [5.41, 5.74) is 9.62. The van der Waals surface area contributed by atoms with Crippen molar-refractivity contribution in [3.8, 4) is 45.6 Å². The van der Waals surface area contributed by atoms with Crippen LogP contribution in [0.3, 0.4) is 0 Å². The zero-order valence-electron chi connectivity index (χ0n) is 30.9. The van der Waals surface area contributed by atoms with E-state index in [1.165, 1.54) is 0 Å². The molecule has 0 aliphatic carbocycles. The van der Waals surface area contributed by atoms with Gasteiger partial charge in [-0.3, -0.25) is 0 Å². The van der Waals surface area contributed by atoms with Crippen LogP contribution in [0.4, 0.5) is 0 Å². The minimum Gasteiger partial charge on any atom is -0.408 e. The molecule has 6 aromatic carbocycles. The molecule has 266 valence electrons. The van der Waals surface area contributed by atoms with Crippen LogP contribution in [0.2, 0.25) is 0 Å². The van der Waals surface area contributed by atoms with Gasteiger partial charge in [0.25, 0.3) is 0 Å². The summed E-state index contributed by atoms with van der Waals surface area (Å²) in [7, 11) is -3.91. The molecule has 0 spiro atoms. The van der Waals surface area contributed by atoms with Gasteiger partial charge in [0, 0.05) is 11.1 Å². The maximum atomic E-state index is 6.87. The summed E-state index contributed by atoms with van der Waals surface area (Å²) < 4.78 is 39.9. The molecule has 0 aromatic heterocycles. The third-order valence-corrected chi connectivity index (χ3v) is 10.6. The average molecular weight is 731 g/mol. The van der Waals surface area contributed by atoms with E-state index in [9.17, 15) is 0 Å². The van der Waals surface area contributed by atoms with Crippen LogP contribution in [0.25, 0.3) is 11.1 Å². The predicted molar refractivity (Wildman–Crippen MR) is 213 cm³/mol. The van der Waals surface area contributed by atoms with Crippen LogP contribution in [0.5, 0.6) is 34.5 Å². The zero-order chi connectivity index (χ0) is 36.8. The first-order valence-corrected chi connectivity index (χ1v) is 19.4. The molecule has 0 bridgehead atoms. The van der Waals surface area contributed by atoms with Gasteiger partial charge in [0.1, 0.15) is 34.5 Å². The highest BCUT2D eigenvalue weighted by atomic mass is 31.2. The van der Waals surface area contributed by atoms with E-state index < -0.39 is 17.2 Å². The van der Waals surface area contributed by atoms with Crippen molar-refractivity contribution in [2.24, 2.45) is 0 Å². The summed E-state index contributed by atoms with van der Waals surface area (Å²) in [6, 6.07) is 39.9. The molecule has 0 atom stereocenters. The highest BCUT2D eigenvalue weighted by Crippen LogP contribution is 2.52. The summed E-state index contributed by atoms with van der Waals surface area (Å²) in [5.74, 6) is 4.04. The number of rotatable bonds is 13. The molecule has 6 aromatic rings. The second kappa shape index (κ2) is 16.5. The second-order valence-corrected chi connectivity index (χ2v) is 15.0. The Labute approximate surface area is 310 Å². The molecular weight excluding hydrogens is 686 g/mol. The molecule has 0 saturated heterocycles.